The molecular weight excluding hydrogens is 264 g/mol. The third kappa shape index (κ3) is 17.7. The molecule has 0 unspecified atom stereocenters. The molecule has 0 rings (SSSR count). The van der Waals surface area contributed by atoms with Gasteiger partial charge in [0.1, 0.15) is 0 Å². The van der Waals surface area contributed by atoms with Gasteiger partial charge in [0.15, 0.2) is 0 Å². The van der Waals surface area contributed by atoms with Gasteiger partial charge in [-0.25, -0.2) is 0 Å². The molecule has 0 spiro atoms. The van der Waals surface area contributed by atoms with Crippen LogP contribution in [0.25, 0.3) is 0 Å². The fraction of sp³-hybridized carbons (Fsp3) is 1.00. The van der Waals surface area contributed by atoms with Gasteiger partial charge in [0, 0.05) is 6.54 Å². The maximum absolute atomic E-state index is 9.72. The summed E-state index contributed by atoms with van der Waals surface area (Å²) in [6.07, 6.45) is 5.49. The van der Waals surface area contributed by atoms with Crippen molar-refractivity contribution in [3.05, 3.63) is 0 Å². The van der Waals surface area contributed by atoms with Crippen molar-refractivity contribution in [1.82, 2.24) is 21.3 Å². The van der Waals surface area contributed by atoms with E-state index in [1.807, 2.05) is 0 Å². The average Bonchev–Trinajstić information content (AvgIpc) is 2.48. The van der Waals surface area contributed by atoms with Crippen LogP contribution >= 0.6 is 0 Å². The molecule has 0 bridgehead atoms. The van der Waals surface area contributed by atoms with E-state index in [0.29, 0.717) is 6.54 Å². The summed E-state index contributed by atoms with van der Waals surface area (Å²) in [5, 5.41) is 23.1. The lowest BCUT2D eigenvalue weighted by atomic mass is 10.2. The molecule has 0 aromatic heterocycles. The lowest BCUT2D eigenvalue weighted by molar-refractivity contribution is 0.161. The van der Waals surface area contributed by atoms with Gasteiger partial charge in [0.05, 0.1) is 6.10 Å². The van der Waals surface area contributed by atoms with E-state index in [9.17, 15) is 5.11 Å². The van der Waals surface area contributed by atoms with Gasteiger partial charge in [0.2, 0.25) is 0 Å². The highest BCUT2D eigenvalue weighted by molar-refractivity contribution is 4.61. The molecule has 0 aliphatic rings. The third-order valence-electron chi connectivity index (χ3n) is 3.45. The van der Waals surface area contributed by atoms with Gasteiger partial charge in [-0.2, -0.15) is 0 Å². The fourth-order valence-electron chi connectivity index (χ4n) is 2.12. The molecule has 5 nitrogen and oxygen atoms in total. The minimum absolute atomic E-state index is 0.223. The Labute approximate surface area is 131 Å². The maximum Gasteiger partial charge on any atom is 0.0676 e. The van der Waals surface area contributed by atoms with Crippen LogP contribution in [0.2, 0.25) is 0 Å². The molecule has 128 valence electrons. The molecule has 5 heteroatoms. The van der Waals surface area contributed by atoms with E-state index in [1.54, 1.807) is 0 Å². The number of aliphatic hydroxyl groups excluding tert-OH is 1. The van der Waals surface area contributed by atoms with Gasteiger partial charge in [-0.1, -0.05) is 13.8 Å². The van der Waals surface area contributed by atoms with Gasteiger partial charge < -0.3 is 26.4 Å². The van der Waals surface area contributed by atoms with Crippen LogP contribution in [0.15, 0.2) is 0 Å². The van der Waals surface area contributed by atoms with E-state index in [1.165, 1.54) is 25.7 Å². The van der Waals surface area contributed by atoms with Crippen LogP contribution in [-0.4, -0.2) is 63.6 Å². The van der Waals surface area contributed by atoms with E-state index in [0.717, 1.165) is 52.2 Å². The highest BCUT2D eigenvalue weighted by Crippen LogP contribution is 1.90. The first kappa shape index (κ1) is 20.8. The molecule has 0 saturated carbocycles. The van der Waals surface area contributed by atoms with Gasteiger partial charge in [-0.05, 0) is 77.9 Å². The van der Waals surface area contributed by atoms with Crippen molar-refractivity contribution in [2.75, 3.05) is 52.4 Å². The second kappa shape index (κ2) is 17.9. The second-order valence-electron chi connectivity index (χ2n) is 5.52. The number of rotatable bonds is 17. The molecule has 0 aromatic carbocycles. The minimum Gasteiger partial charge on any atom is -0.392 e. The lowest BCUT2D eigenvalue weighted by Gasteiger charge is -2.12. The third-order valence-corrected chi connectivity index (χ3v) is 3.45. The van der Waals surface area contributed by atoms with E-state index >= 15 is 0 Å². The standard InChI is InChI=1S/C16H38N4O/c1-3-17-10-5-6-11-19-12-7-8-13-20-15-16(21)9-14-18-4-2/h16-21H,3-15H2,1-2H3/t16-/m0/s1. The highest BCUT2D eigenvalue weighted by atomic mass is 16.3. The molecule has 0 amide bonds. The Morgan fingerprint density at radius 3 is 1.71 bits per heavy atom. The number of nitrogens with one attached hydrogen (secondary N) is 4. The Kier molecular flexibility index (Phi) is 17.7. The van der Waals surface area contributed by atoms with Crippen molar-refractivity contribution >= 4 is 0 Å². The number of hydrogen-bond acceptors (Lipinski definition) is 5. The second-order valence-corrected chi connectivity index (χ2v) is 5.52. The van der Waals surface area contributed by atoms with Gasteiger partial charge in [0.25, 0.3) is 0 Å². The summed E-state index contributed by atoms with van der Waals surface area (Å²) >= 11 is 0. The quantitative estimate of drug-likeness (QED) is 0.256. The zero-order chi connectivity index (χ0) is 15.6. The van der Waals surface area contributed by atoms with Crippen molar-refractivity contribution in [3.63, 3.8) is 0 Å². The maximum atomic E-state index is 9.72. The normalized spacial score (nSPS) is 12.7. The van der Waals surface area contributed by atoms with Gasteiger partial charge in [-0.15, -0.1) is 0 Å². The molecule has 0 fully saturated rings. The summed E-state index contributed by atoms with van der Waals surface area (Å²) < 4.78 is 0. The lowest BCUT2D eigenvalue weighted by Crippen LogP contribution is -2.30. The number of aliphatic hydroxyl groups is 1. The predicted molar refractivity (Wildman–Crippen MR) is 91.9 cm³/mol. The zero-order valence-corrected chi connectivity index (χ0v) is 14.2. The first-order valence-electron chi connectivity index (χ1n) is 8.82. The molecule has 0 radical (unpaired) electrons. The van der Waals surface area contributed by atoms with E-state index in [-0.39, 0.29) is 6.10 Å². The molecule has 5 N–H and O–H groups in total. The Morgan fingerprint density at radius 2 is 1.14 bits per heavy atom. The highest BCUT2D eigenvalue weighted by Gasteiger charge is 2.01. The zero-order valence-electron chi connectivity index (χ0n) is 14.2. The molecule has 0 aliphatic heterocycles. The number of unbranched alkanes of at least 4 members (excludes halogenated alkanes) is 2. The SMILES string of the molecule is CCNCCCCNCCCCNC[C@@H](O)CCNCC. The number of hydrogen-bond donors (Lipinski definition) is 5. The average molecular weight is 303 g/mol. The summed E-state index contributed by atoms with van der Waals surface area (Å²) in [4.78, 5) is 0. The predicted octanol–water partition coefficient (Wildman–Crippen LogP) is 0.696. The molecule has 0 aromatic rings. The molecular formula is C16H38N4O. The first-order valence-corrected chi connectivity index (χ1v) is 8.82. The van der Waals surface area contributed by atoms with Crippen molar-refractivity contribution in [2.45, 2.75) is 52.1 Å². The van der Waals surface area contributed by atoms with Crippen molar-refractivity contribution < 1.29 is 5.11 Å². The van der Waals surface area contributed by atoms with E-state index in [2.05, 4.69) is 35.1 Å². The largest absolute Gasteiger partial charge is 0.392 e. The van der Waals surface area contributed by atoms with Gasteiger partial charge >= 0.3 is 0 Å². The Morgan fingerprint density at radius 1 is 0.667 bits per heavy atom. The van der Waals surface area contributed by atoms with Crippen LogP contribution in [0, 0.1) is 0 Å². The smallest absolute Gasteiger partial charge is 0.0676 e. The summed E-state index contributed by atoms with van der Waals surface area (Å²) in [5.74, 6) is 0. The molecule has 1 atom stereocenters. The van der Waals surface area contributed by atoms with E-state index < -0.39 is 0 Å². The monoisotopic (exact) mass is 302 g/mol. The van der Waals surface area contributed by atoms with Crippen LogP contribution in [-0.2, 0) is 0 Å². The van der Waals surface area contributed by atoms with Crippen molar-refractivity contribution in [2.24, 2.45) is 0 Å². The van der Waals surface area contributed by atoms with Crippen LogP contribution in [0.5, 0.6) is 0 Å². The summed E-state index contributed by atoms with van der Waals surface area (Å²) in [6.45, 7) is 12.3. The van der Waals surface area contributed by atoms with Crippen LogP contribution < -0.4 is 21.3 Å². The Balaban J connectivity index is 3.05. The molecule has 21 heavy (non-hydrogen) atoms. The molecule has 0 heterocycles. The molecule has 0 saturated heterocycles. The Bertz CT molecular complexity index is 193. The summed E-state index contributed by atoms with van der Waals surface area (Å²) in [7, 11) is 0. The van der Waals surface area contributed by atoms with Crippen LogP contribution in [0.1, 0.15) is 46.0 Å². The van der Waals surface area contributed by atoms with Crippen LogP contribution in [0.3, 0.4) is 0 Å². The minimum atomic E-state index is -0.223. The van der Waals surface area contributed by atoms with Crippen molar-refractivity contribution in [1.29, 1.82) is 0 Å². The fourth-order valence-corrected chi connectivity index (χ4v) is 2.12. The van der Waals surface area contributed by atoms with Crippen molar-refractivity contribution in [3.8, 4) is 0 Å². The molecule has 0 aliphatic carbocycles. The van der Waals surface area contributed by atoms with E-state index in [4.69, 9.17) is 0 Å². The topological polar surface area (TPSA) is 68.3 Å². The summed E-state index contributed by atoms with van der Waals surface area (Å²) in [6, 6.07) is 0. The Hall–Kier alpha value is -0.200. The first-order chi connectivity index (χ1) is 10.3. The van der Waals surface area contributed by atoms with Crippen LogP contribution in [0.4, 0.5) is 0 Å². The van der Waals surface area contributed by atoms with Gasteiger partial charge in [-0.3, -0.25) is 0 Å². The summed E-state index contributed by atoms with van der Waals surface area (Å²) in [5.41, 5.74) is 0.